The third kappa shape index (κ3) is 6.43. The fourth-order valence-electron chi connectivity index (χ4n) is 15.0. The molecule has 1 N–H and O–H groups in total. The predicted molar refractivity (Wildman–Crippen MR) is 235 cm³/mol. The van der Waals surface area contributed by atoms with Gasteiger partial charge in [-0.05, 0) is 129 Å². The molecule has 1 saturated heterocycles. The van der Waals surface area contributed by atoms with Gasteiger partial charge in [-0.3, -0.25) is 19.6 Å². The molecule has 6 aliphatic rings. The molecule has 0 unspecified atom stereocenters. The van der Waals surface area contributed by atoms with Crippen molar-refractivity contribution >= 4 is 17.9 Å². The molecule has 9 rings (SSSR count). The van der Waals surface area contributed by atoms with Gasteiger partial charge in [0.2, 0.25) is 5.91 Å². The topological polar surface area (TPSA) is 109 Å². The van der Waals surface area contributed by atoms with Crippen molar-refractivity contribution in [2.24, 2.45) is 51.2 Å². The third-order valence-corrected chi connectivity index (χ3v) is 18.1. The van der Waals surface area contributed by atoms with E-state index >= 15 is 0 Å². The van der Waals surface area contributed by atoms with Crippen molar-refractivity contribution in [3.8, 4) is 0 Å². The van der Waals surface area contributed by atoms with Gasteiger partial charge in [0, 0.05) is 49.6 Å². The Labute approximate surface area is 358 Å². The Balaban J connectivity index is 0.938. The number of benzene rings is 1. The number of amides is 2. The van der Waals surface area contributed by atoms with Gasteiger partial charge >= 0.3 is 0 Å². The van der Waals surface area contributed by atoms with E-state index in [2.05, 4.69) is 75.7 Å². The van der Waals surface area contributed by atoms with Crippen molar-refractivity contribution in [3.05, 3.63) is 89.3 Å². The Morgan fingerprint density at radius 2 is 1.63 bits per heavy atom. The molecule has 60 heavy (non-hydrogen) atoms. The Kier molecular flexibility index (Phi) is 10.3. The van der Waals surface area contributed by atoms with E-state index in [0.29, 0.717) is 61.1 Å². The van der Waals surface area contributed by atoms with Gasteiger partial charge in [0.1, 0.15) is 5.69 Å². The smallest absolute Gasteiger partial charge is 0.251 e. The summed E-state index contributed by atoms with van der Waals surface area (Å²) in [7, 11) is 2.09. The molecule has 3 aromatic rings. The monoisotopic (exact) mass is 813 g/mol. The van der Waals surface area contributed by atoms with Crippen LogP contribution in [0.25, 0.3) is 6.08 Å². The molecular formula is C50H68N8O2. The molecule has 0 bridgehead atoms. The molecule has 1 aromatic carbocycles. The van der Waals surface area contributed by atoms with Crippen molar-refractivity contribution in [2.45, 2.75) is 118 Å². The highest BCUT2D eigenvalue weighted by atomic mass is 16.2. The van der Waals surface area contributed by atoms with Crippen molar-refractivity contribution < 1.29 is 9.59 Å². The summed E-state index contributed by atoms with van der Waals surface area (Å²) in [4.78, 5) is 42.9. The molecule has 4 saturated carbocycles. The lowest BCUT2D eigenvalue weighted by molar-refractivity contribution is -0.225. The number of piperazine rings is 1. The molecule has 0 spiro atoms. The average molecular weight is 813 g/mol. The molecule has 320 valence electrons. The van der Waals surface area contributed by atoms with Gasteiger partial charge < -0.3 is 15.1 Å². The fraction of sp³-hybridized carbons (Fsp3) is 0.640. The second-order valence-electron chi connectivity index (χ2n) is 21.4. The molecule has 0 radical (unpaired) electrons. The summed E-state index contributed by atoms with van der Waals surface area (Å²) in [5.41, 5.74) is 6.02. The van der Waals surface area contributed by atoms with Gasteiger partial charge in [0.25, 0.3) is 5.91 Å². The van der Waals surface area contributed by atoms with E-state index in [1.165, 1.54) is 36.2 Å². The molecule has 5 fully saturated rings. The molecule has 9 atom stereocenters. The first kappa shape index (κ1) is 41.2. The summed E-state index contributed by atoms with van der Waals surface area (Å²) in [5.74, 6) is 2.44. The van der Waals surface area contributed by atoms with Gasteiger partial charge in [-0.25, -0.2) is 4.68 Å². The Hall–Kier alpha value is -4.18. The van der Waals surface area contributed by atoms with Gasteiger partial charge in [-0.15, -0.1) is 5.10 Å². The fourth-order valence-corrected chi connectivity index (χ4v) is 15.0. The molecular weight excluding hydrogens is 745 g/mol. The number of fused-ring (bicyclic) bond motifs is 8. The lowest BCUT2D eigenvalue weighted by Gasteiger charge is -2.72. The SMILES string of the molecule is C=C(C)[C@@H]1CC[C@]2(C(=O)NCc3cn(C/C(=C\c4ccccc4)C(=O)N4CCN(C)CC4)nn3)CC[C@]3(C)[C@H](CC[C@@H]4[C@@]5(C)Cc6nccnc6C(C)(C)[C@@H]5CC[C@]43C)[C@@H]12. The molecule has 2 amide bonds. The highest BCUT2D eigenvalue weighted by Gasteiger charge is 2.72. The van der Waals surface area contributed by atoms with E-state index in [0.717, 1.165) is 57.2 Å². The van der Waals surface area contributed by atoms with Crippen LogP contribution >= 0.6 is 0 Å². The highest BCUT2D eigenvalue weighted by molar-refractivity contribution is 5.97. The van der Waals surface area contributed by atoms with Crippen molar-refractivity contribution in [1.29, 1.82) is 0 Å². The van der Waals surface area contributed by atoms with E-state index in [1.807, 2.05) is 59.9 Å². The van der Waals surface area contributed by atoms with Gasteiger partial charge in [-0.1, -0.05) is 82.3 Å². The van der Waals surface area contributed by atoms with Crippen LogP contribution in [0.4, 0.5) is 0 Å². The largest absolute Gasteiger partial charge is 0.350 e. The average Bonchev–Trinajstić information content (AvgIpc) is 3.86. The minimum atomic E-state index is -0.421. The van der Waals surface area contributed by atoms with Crippen LogP contribution < -0.4 is 5.32 Å². The van der Waals surface area contributed by atoms with Crippen molar-refractivity contribution in [2.75, 3.05) is 33.2 Å². The van der Waals surface area contributed by atoms with Crippen LogP contribution in [0.5, 0.6) is 0 Å². The minimum Gasteiger partial charge on any atom is -0.350 e. The lowest BCUT2D eigenvalue weighted by atomic mass is 9.32. The second-order valence-corrected chi connectivity index (χ2v) is 21.4. The molecule has 1 aliphatic heterocycles. The summed E-state index contributed by atoms with van der Waals surface area (Å²) in [6.07, 6.45) is 17.4. The van der Waals surface area contributed by atoms with Crippen LogP contribution in [-0.2, 0) is 34.5 Å². The van der Waals surface area contributed by atoms with Crippen LogP contribution in [0, 0.1) is 51.2 Å². The molecule has 3 heterocycles. The van der Waals surface area contributed by atoms with Gasteiger partial charge in [-0.2, -0.15) is 0 Å². The number of carbonyl (C=O) groups excluding carboxylic acids is 2. The van der Waals surface area contributed by atoms with Crippen LogP contribution in [0.15, 0.2) is 66.6 Å². The summed E-state index contributed by atoms with van der Waals surface area (Å²) < 4.78 is 1.75. The number of likely N-dealkylation sites (N-methyl/N-ethyl adjacent to an activating group) is 1. The third-order valence-electron chi connectivity index (χ3n) is 18.1. The standard InChI is InChI=1S/C50H68N8O2/c1-33(2)37-16-19-50(45(60)53-30-36-32-58(55-54-36)31-35(28-34-12-10-9-11-13-34)44(59)57-26-24-56(8)25-27-57)21-20-48(6)38(42(37)50)14-15-41-47(5)29-39-43(52-23-22-51-39)46(3,4)40(47)17-18-49(41,48)7/h9-13,22-23,28,32,37-38,40-42H,1,14-21,24-27,29-31H2,2-8H3,(H,53,60)/b35-28+/t37-,38+,40-,41+,42+,47-,48+,49+,50-/m0/s1. The first-order chi connectivity index (χ1) is 28.6. The van der Waals surface area contributed by atoms with Crippen molar-refractivity contribution in [3.63, 3.8) is 0 Å². The number of carbonyl (C=O) groups is 2. The quantitative estimate of drug-likeness (QED) is 0.182. The maximum absolute atomic E-state index is 14.9. The van der Waals surface area contributed by atoms with Gasteiger partial charge in [0.05, 0.1) is 36.1 Å². The van der Waals surface area contributed by atoms with Crippen LogP contribution in [0.2, 0.25) is 0 Å². The molecule has 10 nitrogen and oxygen atoms in total. The van der Waals surface area contributed by atoms with E-state index in [-0.39, 0.29) is 39.4 Å². The Morgan fingerprint density at radius 1 is 0.883 bits per heavy atom. The maximum Gasteiger partial charge on any atom is 0.251 e. The first-order valence-electron chi connectivity index (χ1n) is 23.0. The molecule has 10 heteroatoms. The Morgan fingerprint density at radius 3 is 2.38 bits per heavy atom. The maximum atomic E-state index is 14.9. The summed E-state index contributed by atoms with van der Waals surface area (Å²) in [5, 5.41) is 12.4. The predicted octanol–water partition coefficient (Wildman–Crippen LogP) is 7.91. The summed E-state index contributed by atoms with van der Waals surface area (Å²) in [6.45, 7) is 23.3. The van der Waals surface area contributed by atoms with Crippen LogP contribution in [-0.4, -0.2) is 79.8 Å². The number of aromatic nitrogens is 5. The number of rotatable bonds is 8. The zero-order valence-electron chi connectivity index (χ0n) is 37.3. The van der Waals surface area contributed by atoms with Crippen LogP contribution in [0.1, 0.15) is 116 Å². The first-order valence-corrected chi connectivity index (χ1v) is 23.0. The highest BCUT2D eigenvalue weighted by Crippen LogP contribution is 2.77. The normalized spacial score (nSPS) is 36.0. The number of allylic oxidation sites excluding steroid dienone is 1. The van der Waals surface area contributed by atoms with Gasteiger partial charge in [0.15, 0.2) is 0 Å². The van der Waals surface area contributed by atoms with E-state index in [1.54, 1.807) is 4.68 Å². The summed E-state index contributed by atoms with van der Waals surface area (Å²) >= 11 is 0. The zero-order valence-corrected chi connectivity index (χ0v) is 37.3. The summed E-state index contributed by atoms with van der Waals surface area (Å²) in [6, 6.07) is 10.00. The van der Waals surface area contributed by atoms with Crippen LogP contribution in [0.3, 0.4) is 0 Å². The molecule has 5 aliphatic carbocycles. The second kappa shape index (κ2) is 15.0. The lowest BCUT2D eigenvalue weighted by Crippen LogP contribution is -2.67. The van der Waals surface area contributed by atoms with E-state index in [4.69, 9.17) is 9.97 Å². The number of nitrogens with one attached hydrogen (secondary N) is 1. The zero-order chi connectivity index (χ0) is 42.2. The van der Waals surface area contributed by atoms with E-state index < -0.39 is 5.41 Å². The number of hydrogen-bond acceptors (Lipinski definition) is 7. The van der Waals surface area contributed by atoms with E-state index in [9.17, 15) is 9.59 Å². The molecule has 2 aromatic heterocycles. The Bertz CT molecular complexity index is 2170. The van der Waals surface area contributed by atoms with Crippen molar-refractivity contribution in [1.82, 2.24) is 40.1 Å². The number of nitrogens with zero attached hydrogens (tertiary/aromatic N) is 7. The number of hydrogen-bond donors (Lipinski definition) is 1. The minimum absolute atomic E-state index is 0.0134.